The number of aromatic nitrogens is 2. The molecule has 3 nitrogen and oxygen atoms in total. The fourth-order valence-corrected chi connectivity index (χ4v) is 2.06. The van der Waals surface area contributed by atoms with Crippen molar-refractivity contribution in [3.63, 3.8) is 0 Å². The molecule has 2 heterocycles. The zero-order valence-electron chi connectivity index (χ0n) is 10.0. The van der Waals surface area contributed by atoms with Crippen LogP contribution in [0.5, 0.6) is 0 Å². The first-order chi connectivity index (χ1) is 7.19. The van der Waals surface area contributed by atoms with Gasteiger partial charge in [-0.25, -0.2) is 0 Å². The zero-order valence-corrected chi connectivity index (χ0v) is 10.0. The second-order valence-electron chi connectivity index (χ2n) is 4.81. The van der Waals surface area contributed by atoms with Gasteiger partial charge in [-0.05, 0) is 25.5 Å². The third kappa shape index (κ3) is 2.40. The molecule has 0 aromatic carbocycles. The minimum atomic E-state index is 0.750. The molecule has 0 aliphatic carbocycles. The third-order valence-electron chi connectivity index (χ3n) is 3.29. The SMILES string of the molecule is CCC(C)Cc1cc2n(n1)CCN(C)C2. The molecule has 0 N–H and O–H groups in total. The summed E-state index contributed by atoms with van der Waals surface area (Å²) in [6.45, 7) is 7.76. The Morgan fingerprint density at radius 2 is 2.27 bits per heavy atom. The number of rotatable bonds is 3. The van der Waals surface area contributed by atoms with Crippen LogP contribution in [0.15, 0.2) is 6.07 Å². The van der Waals surface area contributed by atoms with E-state index in [-0.39, 0.29) is 0 Å². The van der Waals surface area contributed by atoms with Crippen molar-refractivity contribution in [2.75, 3.05) is 13.6 Å². The van der Waals surface area contributed by atoms with Crippen LogP contribution in [0.25, 0.3) is 0 Å². The fraction of sp³-hybridized carbons (Fsp3) is 0.750. The molecule has 1 atom stereocenters. The van der Waals surface area contributed by atoms with Crippen LogP contribution < -0.4 is 0 Å². The van der Waals surface area contributed by atoms with Crippen LogP contribution in [0, 0.1) is 5.92 Å². The molecule has 0 amide bonds. The predicted octanol–water partition coefficient (Wildman–Crippen LogP) is 1.92. The van der Waals surface area contributed by atoms with Gasteiger partial charge in [-0.15, -0.1) is 0 Å². The van der Waals surface area contributed by atoms with E-state index in [2.05, 4.69) is 41.6 Å². The first-order valence-electron chi connectivity index (χ1n) is 5.93. The average Bonchev–Trinajstić information content (AvgIpc) is 2.59. The van der Waals surface area contributed by atoms with Crippen molar-refractivity contribution >= 4 is 0 Å². The molecule has 84 valence electrons. The summed E-state index contributed by atoms with van der Waals surface area (Å²) in [5.74, 6) is 0.750. The molecule has 1 aromatic heterocycles. The van der Waals surface area contributed by atoms with Gasteiger partial charge in [0, 0.05) is 13.1 Å². The Bertz CT molecular complexity index is 330. The maximum absolute atomic E-state index is 4.66. The summed E-state index contributed by atoms with van der Waals surface area (Å²) < 4.78 is 2.18. The standard InChI is InChI=1S/C12H21N3/c1-4-10(2)7-11-8-12-9-14(3)5-6-15(12)13-11/h8,10H,4-7,9H2,1-3H3. The van der Waals surface area contributed by atoms with Crippen LogP contribution in [0.2, 0.25) is 0 Å². The van der Waals surface area contributed by atoms with Gasteiger partial charge in [0.05, 0.1) is 17.9 Å². The highest BCUT2D eigenvalue weighted by Crippen LogP contribution is 2.15. The lowest BCUT2D eigenvalue weighted by molar-refractivity contribution is 0.258. The van der Waals surface area contributed by atoms with E-state index in [0.29, 0.717) is 0 Å². The van der Waals surface area contributed by atoms with E-state index in [1.54, 1.807) is 0 Å². The number of hydrogen-bond acceptors (Lipinski definition) is 2. The van der Waals surface area contributed by atoms with Gasteiger partial charge in [0.15, 0.2) is 0 Å². The molecule has 0 saturated heterocycles. The molecule has 0 radical (unpaired) electrons. The largest absolute Gasteiger partial charge is 0.299 e. The Hall–Kier alpha value is -0.830. The lowest BCUT2D eigenvalue weighted by atomic mass is 10.0. The topological polar surface area (TPSA) is 21.1 Å². The van der Waals surface area contributed by atoms with E-state index in [4.69, 9.17) is 0 Å². The van der Waals surface area contributed by atoms with Crippen LogP contribution in [0.3, 0.4) is 0 Å². The van der Waals surface area contributed by atoms with Crippen LogP contribution >= 0.6 is 0 Å². The monoisotopic (exact) mass is 207 g/mol. The second-order valence-corrected chi connectivity index (χ2v) is 4.81. The van der Waals surface area contributed by atoms with E-state index in [1.807, 2.05) is 0 Å². The molecule has 0 saturated carbocycles. The van der Waals surface area contributed by atoms with Gasteiger partial charge in [0.1, 0.15) is 0 Å². The highest BCUT2D eigenvalue weighted by molar-refractivity contribution is 5.12. The molecule has 0 spiro atoms. The van der Waals surface area contributed by atoms with Crippen LogP contribution in [0.1, 0.15) is 31.7 Å². The summed E-state index contributed by atoms with van der Waals surface area (Å²) in [4.78, 5) is 2.35. The van der Waals surface area contributed by atoms with Crippen LogP contribution in [-0.4, -0.2) is 28.3 Å². The van der Waals surface area contributed by atoms with Crippen molar-refractivity contribution in [1.82, 2.24) is 14.7 Å². The molecule has 2 rings (SSSR count). The van der Waals surface area contributed by atoms with Crippen LogP contribution in [0.4, 0.5) is 0 Å². The van der Waals surface area contributed by atoms with Gasteiger partial charge in [0.25, 0.3) is 0 Å². The van der Waals surface area contributed by atoms with Gasteiger partial charge in [-0.1, -0.05) is 20.3 Å². The van der Waals surface area contributed by atoms with E-state index in [9.17, 15) is 0 Å². The maximum Gasteiger partial charge on any atom is 0.0630 e. The van der Waals surface area contributed by atoms with Gasteiger partial charge in [-0.3, -0.25) is 9.58 Å². The molecule has 0 bridgehead atoms. The quantitative estimate of drug-likeness (QED) is 0.755. The highest BCUT2D eigenvalue weighted by Gasteiger charge is 2.15. The molecule has 1 aliphatic heterocycles. The molecule has 0 fully saturated rings. The van der Waals surface area contributed by atoms with Crippen molar-refractivity contribution < 1.29 is 0 Å². The first-order valence-corrected chi connectivity index (χ1v) is 5.93. The molecule has 1 unspecified atom stereocenters. The summed E-state index contributed by atoms with van der Waals surface area (Å²) in [5, 5.41) is 4.66. The summed E-state index contributed by atoms with van der Waals surface area (Å²) >= 11 is 0. The summed E-state index contributed by atoms with van der Waals surface area (Å²) in [7, 11) is 2.17. The van der Waals surface area contributed by atoms with Crippen molar-refractivity contribution in [3.8, 4) is 0 Å². The van der Waals surface area contributed by atoms with Crippen molar-refractivity contribution in [2.45, 2.75) is 39.8 Å². The fourth-order valence-electron chi connectivity index (χ4n) is 2.06. The third-order valence-corrected chi connectivity index (χ3v) is 3.29. The number of fused-ring (bicyclic) bond motifs is 1. The van der Waals surface area contributed by atoms with E-state index < -0.39 is 0 Å². The Kier molecular flexibility index (Phi) is 3.10. The molecule has 3 heteroatoms. The van der Waals surface area contributed by atoms with Gasteiger partial charge in [-0.2, -0.15) is 5.10 Å². The molecular weight excluding hydrogens is 186 g/mol. The molecule has 1 aromatic rings. The molecule has 1 aliphatic rings. The zero-order chi connectivity index (χ0) is 10.8. The minimum Gasteiger partial charge on any atom is -0.299 e. The van der Waals surface area contributed by atoms with Gasteiger partial charge in [0.2, 0.25) is 0 Å². The van der Waals surface area contributed by atoms with E-state index >= 15 is 0 Å². The van der Waals surface area contributed by atoms with E-state index in [0.717, 1.165) is 32.0 Å². The predicted molar refractivity (Wildman–Crippen MR) is 61.7 cm³/mol. The molecule has 15 heavy (non-hydrogen) atoms. The Morgan fingerprint density at radius 3 is 3.00 bits per heavy atom. The van der Waals surface area contributed by atoms with Crippen molar-refractivity contribution in [3.05, 3.63) is 17.5 Å². The van der Waals surface area contributed by atoms with Crippen molar-refractivity contribution in [2.24, 2.45) is 5.92 Å². The Balaban J connectivity index is 2.09. The van der Waals surface area contributed by atoms with Gasteiger partial charge >= 0.3 is 0 Å². The second kappa shape index (κ2) is 4.35. The lowest BCUT2D eigenvalue weighted by Crippen LogP contribution is -2.30. The van der Waals surface area contributed by atoms with E-state index in [1.165, 1.54) is 17.8 Å². The summed E-state index contributed by atoms with van der Waals surface area (Å²) in [6.07, 6.45) is 2.36. The normalized spacial score (nSPS) is 18.9. The highest BCUT2D eigenvalue weighted by atomic mass is 15.3. The summed E-state index contributed by atoms with van der Waals surface area (Å²) in [5.41, 5.74) is 2.65. The molecular formula is C12H21N3. The Morgan fingerprint density at radius 1 is 1.47 bits per heavy atom. The number of nitrogens with zero attached hydrogens (tertiary/aromatic N) is 3. The number of hydrogen-bond donors (Lipinski definition) is 0. The average molecular weight is 207 g/mol. The lowest BCUT2D eigenvalue weighted by Gasteiger charge is -2.22. The Labute approximate surface area is 92.1 Å². The minimum absolute atomic E-state index is 0.750. The summed E-state index contributed by atoms with van der Waals surface area (Å²) in [6, 6.07) is 2.28. The first kappa shape index (κ1) is 10.7. The number of likely N-dealkylation sites (N-methyl/N-ethyl adjacent to an activating group) is 1. The van der Waals surface area contributed by atoms with Crippen LogP contribution in [-0.2, 0) is 19.5 Å². The maximum atomic E-state index is 4.66. The van der Waals surface area contributed by atoms with Crippen molar-refractivity contribution in [1.29, 1.82) is 0 Å². The van der Waals surface area contributed by atoms with Gasteiger partial charge < -0.3 is 0 Å². The smallest absolute Gasteiger partial charge is 0.0630 e.